The molecule has 0 spiro atoms. The van der Waals surface area contributed by atoms with Crippen molar-refractivity contribution in [3.63, 3.8) is 0 Å². The molecular weight excluding hydrogens is 452 g/mol. The molecule has 0 saturated heterocycles. The topological polar surface area (TPSA) is 76.1 Å². The molecule has 1 aliphatic rings. The normalized spacial score (nSPS) is 16.1. The summed E-state index contributed by atoms with van der Waals surface area (Å²) in [7, 11) is -2.74. The number of hydrogen-bond donors (Lipinski definition) is 1. The van der Waals surface area contributed by atoms with Crippen molar-refractivity contribution in [1.82, 2.24) is 9.55 Å². The van der Waals surface area contributed by atoms with Crippen LogP contribution in [0.3, 0.4) is 0 Å². The number of hydrogen-bond acceptors (Lipinski definition) is 4. The lowest BCUT2D eigenvalue weighted by Gasteiger charge is -2.17. The number of nitrogens with zero attached hydrogens (tertiary/aromatic N) is 3. The minimum absolute atomic E-state index is 0.0434. The van der Waals surface area contributed by atoms with Crippen molar-refractivity contribution in [2.75, 3.05) is 5.75 Å². The van der Waals surface area contributed by atoms with Gasteiger partial charge in [-0.2, -0.15) is 22.0 Å². The average Bonchev–Trinajstić information content (AvgIpc) is 3.46. The second-order valence-electron chi connectivity index (χ2n) is 7.14. The molecule has 0 bridgehead atoms. The van der Waals surface area contributed by atoms with E-state index in [0.29, 0.717) is 10.3 Å². The van der Waals surface area contributed by atoms with Gasteiger partial charge in [-0.3, -0.25) is 5.21 Å². The molecule has 0 radical (unpaired) electrons. The summed E-state index contributed by atoms with van der Waals surface area (Å²) in [5.41, 5.74) is -0.248. The van der Waals surface area contributed by atoms with Gasteiger partial charge in [0.1, 0.15) is 4.90 Å². The zero-order valence-electron chi connectivity index (χ0n) is 16.3. The molecule has 6 nitrogen and oxygen atoms in total. The number of rotatable bonds is 6. The predicted molar refractivity (Wildman–Crippen MR) is 95.8 cm³/mol. The van der Waals surface area contributed by atoms with E-state index in [9.17, 15) is 40.0 Å². The summed E-state index contributed by atoms with van der Waals surface area (Å²) in [6, 6.07) is 1.38. The third-order valence-corrected chi connectivity index (χ3v) is 6.70. The Balaban J connectivity index is 2.16. The maximum absolute atomic E-state index is 13.7. The molecular formula is C18H18F6N3O3S+. The first-order chi connectivity index (χ1) is 14.2. The Labute approximate surface area is 173 Å². The van der Waals surface area contributed by atoms with Gasteiger partial charge in [0.15, 0.2) is 15.7 Å². The predicted octanol–water partition coefficient (Wildman–Crippen LogP) is 3.79. The van der Waals surface area contributed by atoms with Gasteiger partial charge in [-0.15, -0.1) is 0 Å². The number of sulfone groups is 1. The van der Waals surface area contributed by atoms with Crippen LogP contribution in [0.1, 0.15) is 36.9 Å². The Bertz CT molecular complexity index is 1150. The molecule has 3 rings (SSSR count). The van der Waals surface area contributed by atoms with Crippen LogP contribution in [-0.2, 0) is 16.9 Å². The third kappa shape index (κ3) is 4.14. The second-order valence-corrected chi connectivity index (χ2v) is 9.39. The monoisotopic (exact) mass is 470 g/mol. The quantitative estimate of drug-likeness (QED) is 0.396. The Morgan fingerprint density at radius 1 is 1.32 bits per heavy atom. The minimum atomic E-state index is -6.13. The zero-order valence-corrected chi connectivity index (χ0v) is 17.1. The van der Waals surface area contributed by atoms with Crippen LogP contribution >= 0.6 is 0 Å². The SMILES string of the molecule is CCS(=O)(=O)c1cc(C2CC2)c[n+](O)c1-c1ncc(/C=C(/F)C(F)(F)C(F)(F)F)n1C. The van der Waals surface area contributed by atoms with E-state index in [1.54, 1.807) is 0 Å². The van der Waals surface area contributed by atoms with Gasteiger partial charge in [-0.25, -0.2) is 17.8 Å². The smallest absolute Gasteiger partial charge is 0.322 e. The number of alkyl halides is 5. The Kier molecular flexibility index (Phi) is 5.61. The molecule has 0 atom stereocenters. The molecule has 170 valence electrons. The largest absolute Gasteiger partial charge is 0.460 e. The highest BCUT2D eigenvalue weighted by Crippen LogP contribution is 2.43. The molecule has 0 amide bonds. The summed E-state index contributed by atoms with van der Waals surface area (Å²) in [6.07, 6.45) is -2.48. The number of imidazole rings is 1. The molecule has 1 fully saturated rings. The molecule has 0 unspecified atom stereocenters. The maximum atomic E-state index is 13.7. The molecule has 2 heterocycles. The Hall–Kier alpha value is -2.57. The lowest BCUT2D eigenvalue weighted by molar-refractivity contribution is -0.897. The van der Waals surface area contributed by atoms with Crippen LogP contribution in [0.2, 0.25) is 0 Å². The van der Waals surface area contributed by atoms with E-state index in [0.717, 1.165) is 30.7 Å². The summed E-state index contributed by atoms with van der Waals surface area (Å²) in [5, 5.41) is 10.5. The van der Waals surface area contributed by atoms with Gasteiger partial charge in [0.2, 0.25) is 12.0 Å². The van der Waals surface area contributed by atoms with E-state index in [1.807, 2.05) is 0 Å². The van der Waals surface area contributed by atoms with Crippen molar-refractivity contribution in [3.8, 4) is 11.5 Å². The average molecular weight is 470 g/mol. The first kappa shape index (κ1) is 23.1. The van der Waals surface area contributed by atoms with Gasteiger partial charge >= 0.3 is 17.8 Å². The van der Waals surface area contributed by atoms with Crippen LogP contribution in [0.15, 0.2) is 29.2 Å². The van der Waals surface area contributed by atoms with Crippen molar-refractivity contribution in [2.45, 2.75) is 42.7 Å². The zero-order chi connectivity index (χ0) is 23.4. The molecule has 2 aromatic heterocycles. The molecule has 13 heteroatoms. The van der Waals surface area contributed by atoms with E-state index >= 15 is 0 Å². The molecule has 1 N–H and O–H groups in total. The summed E-state index contributed by atoms with van der Waals surface area (Å²) in [5.74, 6) is -8.98. The first-order valence-corrected chi connectivity index (χ1v) is 10.7. The lowest BCUT2D eigenvalue weighted by Crippen LogP contribution is -2.37. The minimum Gasteiger partial charge on any atom is -0.322 e. The number of allylic oxidation sites excluding steroid dienone is 1. The van der Waals surface area contributed by atoms with E-state index in [1.165, 1.54) is 19.2 Å². The van der Waals surface area contributed by atoms with Crippen LogP contribution in [0.25, 0.3) is 17.6 Å². The standard InChI is InChI=1S/C18H18F6N3O3S/c1-3-31(29,30)13-6-11(10-4-5-10)9-27(28)15(13)16-25-8-12(26(16)2)7-14(19)17(20,21)18(22,23)24/h6-10,28H,3-5H2,1-2H3/q+1/b14-7+. The van der Waals surface area contributed by atoms with Crippen molar-refractivity contribution in [2.24, 2.45) is 7.05 Å². The highest BCUT2D eigenvalue weighted by atomic mass is 32.2. The van der Waals surface area contributed by atoms with Gasteiger partial charge in [-0.05, 0) is 24.8 Å². The van der Waals surface area contributed by atoms with Crippen LogP contribution in [0, 0.1) is 0 Å². The van der Waals surface area contributed by atoms with Crippen LogP contribution in [0.4, 0.5) is 26.3 Å². The van der Waals surface area contributed by atoms with Crippen LogP contribution in [-0.4, -0.2) is 41.0 Å². The summed E-state index contributed by atoms with van der Waals surface area (Å²) < 4.78 is 104. The summed E-state index contributed by atoms with van der Waals surface area (Å²) in [4.78, 5) is 3.54. The lowest BCUT2D eigenvalue weighted by atomic mass is 10.1. The van der Waals surface area contributed by atoms with Crippen LogP contribution in [0.5, 0.6) is 0 Å². The summed E-state index contributed by atoms with van der Waals surface area (Å²) >= 11 is 0. The molecule has 1 aliphatic carbocycles. The molecule has 2 aromatic rings. The number of aromatic nitrogens is 3. The summed E-state index contributed by atoms with van der Waals surface area (Å²) in [6.45, 7) is 1.38. The maximum Gasteiger partial charge on any atom is 0.460 e. The van der Waals surface area contributed by atoms with E-state index in [4.69, 9.17) is 0 Å². The van der Waals surface area contributed by atoms with Gasteiger partial charge in [0, 0.05) is 23.4 Å². The molecule has 1 saturated carbocycles. The fourth-order valence-corrected chi connectivity index (χ4v) is 4.06. The highest BCUT2D eigenvalue weighted by Gasteiger charge is 2.61. The fraction of sp³-hybridized carbons (Fsp3) is 0.444. The van der Waals surface area contributed by atoms with Crippen LogP contribution < -0.4 is 4.73 Å². The van der Waals surface area contributed by atoms with E-state index in [-0.39, 0.29) is 34.2 Å². The first-order valence-electron chi connectivity index (χ1n) is 9.06. The van der Waals surface area contributed by atoms with E-state index in [2.05, 4.69) is 4.98 Å². The van der Waals surface area contributed by atoms with Gasteiger partial charge in [0.05, 0.1) is 17.6 Å². The highest BCUT2D eigenvalue weighted by molar-refractivity contribution is 7.91. The molecule has 31 heavy (non-hydrogen) atoms. The fourth-order valence-electron chi connectivity index (χ4n) is 2.95. The Morgan fingerprint density at radius 2 is 1.94 bits per heavy atom. The van der Waals surface area contributed by atoms with Crippen molar-refractivity contribution in [3.05, 3.63) is 35.5 Å². The number of halogens is 6. The molecule has 0 aliphatic heterocycles. The van der Waals surface area contributed by atoms with Crippen molar-refractivity contribution in [1.29, 1.82) is 0 Å². The van der Waals surface area contributed by atoms with E-state index < -0.39 is 33.5 Å². The molecule has 0 aromatic carbocycles. The van der Waals surface area contributed by atoms with Gasteiger partial charge in [0.25, 0.3) is 0 Å². The third-order valence-electron chi connectivity index (χ3n) is 4.96. The van der Waals surface area contributed by atoms with Crippen molar-refractivity contribution >= 4 is 15.9 Å². The van der Waals surface area contributed by atoms with Gasteiger partial charge < -0.3 is 4.57 Å². The van der Waals surface area contributed by atoms with Gasteiger partial charge in [-0.1, -0.05) is 6.92 Å². The second kappa shape index (κ2) is 7.53. The Morgan fingerprint density at radius 3 is 2.45 bits per heavy atom. The van der Waals surface area contributed by atoms with Crippen molar-refractivity contribution < 1.29 is 44.7 Å². The number of pyridine rings is 1.